The fraction of sp³-hybridized carbons (Fsp3) is 0.714. The smallest absolute Gasteiger partial charge is 0.408 e. The Hall–Kier alpha value is -1.30. The number of piperidine rings is 1. The maximum Gasteiger partial charge on any atom is 0.408 e. The van der Waals surface area contributed by atoms with Crippen LogP contribution < -0.4 is 5.73 Å². The van der Waals surface area contributed by atoms with E-state index >= 15 is 0 Å². The van der Waals surface area contributed by atoms with Gasteiger partial charge in [0.2, 0.25) is 0 Å². The van der Waals surface area contributed by atoms with Crippen molar-refractivity contribution in [1.29, 1.82) is 0 Å². The van der Waals surface area contributed by atoms with Crippen LogP contribution in [0.15, 0.2) is 0 Å². The average molecular weight is 188 g/mol. The van der Waals surface area contributed by atoms with Gasteiger partial charge in [0.05, 0.1) is 0 Å². The highest BCUT2D eigenvalue weighted by atomic mass is 16.4. The monoisotopic (exact) mass is 188 g/mol. The lowest BCUT2D eigenvalue weighted by molar-refractivity contribution is -0.143. The third kappa shape index (κ3) is 2.09. The second kappa shape index (κ2) is 3.61. The average Bonchev–Trinajstić information content (AvgIpc) is 2.03. The minimum atomic E-state index is -1.20. The molecule has 1 saturated heterocycles. The molecule has 1 unspecified atom stereocenters. The Bertz CT molecular complexity index is 231. The molecule has 0 spiro atoms. The molecule has 0 radical (unpaired) electrons. The minimum absolute atomic E-state index is 0.196. The Balaban J connectivity index is 2.72. The molecule has 0 saturated carbocycles. The van der Waals surface area contributed by atoms with E-state index in [1.54, 1.807) is 0 Å². The van der Waals surface area contributed by atoms with Crippen LogP contribution in [0.2, 0.25) is 0 Å². The standard InChI is InChI=1S/C7H12N2O4/c8-4-1-2-9(7(12)13)5(3-4)6(10)11/h4-5H,1-3,8H2,(H,10,11)(H,12,13)/t4?,5-/m0/s1. The van der Waals surface area contributed by atoms with Crippen molar-refractivity contribution in [1.82, 2.24) is 4.90 Å². The van der Waals surface area contributed by atoms with Gasteiger partial charge in [-0.25, -0.2) is 9.59 Å². The molecule has 1 fully saturated rings. The quantitative estimate of drug-likeness (QED) is 0.516. The van der Waals surface area contributed by atoms with Crippen LogP contribution in [0.3, 0.4) is 0 Å². The Labute approximate surface area is 74.9 Å². The van der Waals surface area contributed by atoms with Crippen molar-refractivity contribution in [2.75, 3.05) is 6.54 Å². The van der Waals surface area contributed by atoms with Gasteiger partial charge in [-0.05, 0) is 12.8 Å². The summed E-state index contributed by atoms with van der Waals surface area (Å²) in [6.07, 6.45) is -0.475. The van der Waals surface area contributed by atoms with E-state index in [9.17, 15) is 9.59 Å². The number of hydrogen-bond acceptors (Lipinski definition) is 3. The topological polar surface area (TPSA) is 104 Å². The molecule has 6 nitrogen and oxygen atoms in total. The Morgan fingerprint density at radius 3 is 2.46 bits per heavy atom. The number of nitrogens with two attached hydrogens (primary N) is 1. The van der Waals surface area contributed by atoms with Crippen molar-refractivity contribution in [3.05, 3.63) is 0 Å². The zero-order valence-corrected chi connectivity index (χ0v) is 7.01. The first-order valence-corrected chi connectivity index (χ1v) is 4.00. The first-order valence-electron chi connectivity index (χ1n) is 4.00. The number of rotatable bonds is 1. The Kier molecular flexibility index (Phi) is 2.72. The molecule has 6 heteroatoms. The van der Waals surface area contributed by atoms with Crippen LogP contribution >= 0.6 is 0 Å². The third-order valence-electron chi connectivity index (χ3n) is 2.17. The lowest BCUT2D eigenvalue weighted by atomic mass is 9.98. The summed E-state index contributed by atoms with van der Waals surface area (Å²) in [5.41, 5.74) is 5.54. The molecule has 0 aromatic heterocycles. The van der Waals surface area contributed by atoms with Crippen molar-refractivity contribution in [3.8, 4) is 0 Å². The molecule has 1 aliphatic rings. The lowest BCUT2D eigenvalue weighted by Gasteiger charge is -2.33. The fourth-order valence-electron chi connectivity index (χ4n) is 1.46. The van der Waals surface area contributed by atoms with Crippen molar-refractivity contribution in [2.45, 2.75) is 24.9 Å². The highest BCUT2D eigenvalue weighted by molar-refractivity contribution is 5.79. The maximum atomic E-state index is 10.7. The van der Waals surface area contributed by atoms with Crippen molar-refractivity contribution in [2.24, 2.45) is 5.73 Å². The van der Waals surface area contributed by atoms with E-state index in [2.05, 4.69) is 0 Å². The molecule has 4 N–H and O–H groups in total. The van der Waals surface area contributed by atoms with E-state index in [1.165, 1.54) is 0 Å². The second-order valence-corrected chi connectivity index (χ2v) is 3.11. The van der Waals surface area contributed by atoms with Gasteiger partial charge in [-0.15, -0.1) is 0 Å². The van der Waals surface area contributed by atoms with Gasteiger partial charge in [-0.2, -0.15) is 0 Å². The van der Waals surface area contributed by atoms with Crippen LogP contribution in [0.1, 0.15) is 12.8 Å². The van der Waals surface area contributed by atoms with Crippen molar-refractivity contribution >= 4 is 12.1 Å². The number of likely N-dealkylation sites (tertiary alicyclic amines) is 1. The van der Waals surface area contributed by atoms with Gasteiger partial charge in [-0.1, -0.05) is 0 Å². The van der Waals surface area contributed by atoms with Crippen LogP contribution in [0, 0.1) is 0 Å². The number of carboxylic acid groups (broad SMARTS) is 2. The number of carboxylic acids is 1. The van der Waals surface area contributed by atoms with Crippen LogP contribution in [-0.2, 0) is 4.79 Å². The minimum Gasteiger partial charge on any atom is -0.480 e. The van der Waals surface area contributed by atoms with E-state index < -0.39 is 18.1 Å². The van der Waals surface area contributed by atoms with Gasteiger partial charge in [0.25, 0.3) is 0 Å². The van der Waals surface area contributed by atoms with E-state index in [4.69, 9.17) is 15.9 Å². The number of nitrogens with zero attached hydrogens (tertiary/aromatic N) is 1. The molecule has 0 aromatic carbocycles. The van der Waals surface area contributed by atoms with Crippen molar-refractivity contribution in [3.63, 3.8) is 0 Å². The lowest BCUT2D eigenvalue weighted by Crippen LogP contribution is -2.52. The first-order chi connectivity index (χ1) is 6.02. The van der Waals surface area contributed by atoms with Crippen LogP contribution in [0.5, 0.6) is 0 Å². The van der Waals surface area contributed by atoms with Gasteiger partial charge in [0, 0.05) is 12.6 Å². The van der Waals surface area contributed by atoms with Gasteiger partial charge >= 0.3 is 12.1 Å². The predicted molar refractivity (Wildman–Crippen MR) is 43.4 cm³/mol. The molecule has 1 amide bonds. The molecular formula is C7H12N2O4. The van der Waals surface area contributed by atoms with Crippen LogP contribution in [0.25, 0.3) is 0 Å². The van der Waals surface area contributed by atoms with Crippen molar-refractivity contribution < 1.29 is 19.8 Å². The van der Waals surface area contributed by atoms with Crippen LogP contribution in [-0.4, -0.2) is 45.8 Å². The summed E-state index contributed by atoms with van der Waals surface area (Å²) in [6, 6.07) is -1.20. The molecule has 0 aliphatic carbocycles. The number of amides is 1. The molecule has 74 valence electrons. The van der Waals surface area contributed by atoms with Crippen LogP contribution in [0.4, 0.5) is 4.79 Å². The molecule has 1 aliphatic heterocycles. The molecule has 1 heterocycles. The summed E-state index contributed by atoms with van der Waals surface area (Å²) in [5, 5.41) is 17.4. The number of carbonyl (C=O) groups is 2. The SMILES string of the molecule is NC1CCN(C(=O)O)[C@H](C(=O)O)C1. The van der Waals surface area contributed by atoms with E-state index in [1.807, 2.05) is 0 Å². The maximum absolute atomic E-state index is 10.7. The van der Waals surface area contributed by atoms with Gasteiger partial charge in [-0.3, -0.25) is 4.90 Å². The Morgan fingerprint density at radius 1 is 1.38 bits per heavy atom. The molecule has 13 heavy (non-hydrogen) atoms. The Morgan fingerprint density at radius 2 is 2.00 bits per heavy atom. The highest BCUT2D eigenvalue weighted by Crippen LogP contribution is 2.16. The molecule has 0 bridgehead atoms. The fourth-order valence-corrected chi connectivity index (χ4v) is 1.46. The second-order valence-electron chi connectivity index (χ2n) is 3.11. The van der Waals surface area contributed by atoms with Gasteiger partial charge in [0.15, 0.2) is 0 Å². The number of hydrogen-bond donors (Lipinski definition) is 3. The normalized spacial score (nSPS) is 28.5. The largest absolute Gasteiger partial charge is 0.480 e. The summed E-state index contributed by atoms with van der Waals surface area (Å²) in [6.45, 7) is 0.202. The van der Waals surface area contributed by atoms with E-state index in [0.717, 1.165) is 4.90 Å². The zero-order chi connectivity index (χ0) is 10.0. The summed E-state index contributed by atoms with van der Waals surface area (Å²) < 4.78 is 0. The summed E-state index contributed by atoms with van der Waals surface area (Å²) in [5.74, 6) is -1.13. The predicted octanol–water partition coefficient (Wildman–Crippen LogP) is -0.459. The summed E-state index contributed by atoms with van der Waals surface area (Å²) in [7, 11) is 0. The molecule has 2 atom stereocenters. The highest BCUT2D eigenvalue weighted by Gasteiger charge is 2.34. The molecular weight excluding hydrogens is 176 g/mol. The van der Waals surface area contributed by atoms with E-state index in [-0.39, 0.29) is 19.0 Å². The molecule has 0 aromatic rings. The van der Waals surface area contributed by atoms with E-state index in [0.29, 0.717) is 6.42 Å². The van der Waals surface area contributed by atoms with Gasteiger partial charge in [0.1, 0.15) is 6.04 Å². The first kappa shape index (κ1) is 9.79. The summed E-state index contributed by atoms with van der Waals surface area (Å²) >= 11 is 0. The number of aliphatic carboxylic acids is 1. The summed E-state index contributed by atoms with van der Waals surface area (Å²) in [4.78, 5) is 22.2. The van der Waals surface area contributed by atoms with Gasteiger partial charge < -0.3 is 15.9 Å². The zero-order valence-electron chi connectivity index (χ0n) is 7.01. The third-order valence-corrected chi connectivity index (χ3v) is 2.17. The molecule has 1 rings (SSSR count).